The first-order valence-electron chi connectivity index (χ1n) is 9.32. The molecule has 2 aliphatic heterocycles. The van der Waals surface area contributed by atoms with Crippen LogP contribution in [0.4, 0.5) is 25.8 Å². The van der Waals surface area contributed by atoms with Gasteiger partial charge in [-0.25, -0.2) is 8.78 Å². The van der Waals surface area contributed by atoms with Gasteiger partial charge in [-0.15, -0.1) is 0 Å². The van der Waals surface area contributed by atoms with Crippen LogP contribution in [-0.4, -0.2) is 30.9 Å². The van der Waals surface area contributed by atoms with Gasteiger partial charge in [0.2, 0.25) is 0 Å². The van der Waals surface area contributed by atoms with Crippen LogP contribution in [0.25, 0.3) is 0 Å². The van der Waals surface area contributed by atoms with Crippen molar-refractivity contribution in [2.45, 2.75) is 26.3 Å². The smallest absolute Gasteiger partial charge is 0.254 e. The van der Waals surface area contributed by atoms with Gasteiger partial charge in [-0.3, -0.25) is 4.79 Å². The van der Waals surface area contributed by atoms with Crippen LogP contribution in [-0.2, 0) is 6.54 Å². The summed E-state index contributed by atoms with van der Waals surface area (Å²) in [5.74, 6) is -0.515. The molecule has 6 heteroatoms. The number of benzene rings is 2. The van der Waals surface area contributed by atoms with Crippen molar-refractivity contribution in [1.82, 2.24) is 4.90 Å². The maximum atomic E-state index is 14.6. The molecule has 0 aromatic heterocycles. The Morgan fingerprint density at radius 2 is 1.70 bits per heavy atom. The number of hydrogen-bond donors (Lipinski definition) is 1. The topological polar surface area (TPSA) is 35.6 Å². The molecule has 0 atom stereocenters. The molecule has 0 radical (unpaired) electrons. The van der Waals surface area contributed by atoms with Gasteiger partial charge in [0.05, 0.1) is 0 Å². The van der Waals surface area contributed by atoms with Gasteiger partial charge >= 0.3 is 0 Å². The van der Waals surface area contributed by atoms with E-state index in [1.54, 1.807) is 29.0 Å². The fourth-order valence-electron chi connectivity index (χ4n) is 3.88. The maximum Gasteiger partial charge on any atom is 0.254 e. The minimum Gasteiger partial charge on any atom is -0.367 e. The Hall–Kier alpha value is -2.63. The van der Waals surface area contributed by atoms with E-state index in [9.17, 15) is 13.6 Å². The molecular formula is C21H23F2N3O. The molecule has 1 saturated heterocycles. The molecule has 0 bridgehead atoms. The van der Waals surface area contributed by atoms with Gasteiger partial charge in [0.1, 0.15) is 5.69 Å². The molecule has 2 aliphatic rings. The lowest BCUT2D eigenvalue weighted by Crippen LogP contribution is -2.34. The highest BCUT2D eigenvalue weighted by Gasteiger charge is 2.25. The average Bonchev–Trinajstić information content (AvgIpc) is 2.90. The van der Waals surface area contributed by atoms with Crippen LogP contribution in [0.3, 0.4) is 0 Å². The van der Waals surface area contributed by atoms with Crippen LogP contribution in [0, 0.1) is 17.6 Å². The fraction of sp³-hybridized carbons (Fsp3) is 0.381. The molecule has 0 spiro atoms. The zero-order chi connectivity index (χ0) is 19.1. The van der Waals surface area contributed by atoms with Crippen LogP contribution in [0.15, 0.2) is 30.3 Å². The molecule has 4 rings (SSSR count). The van der Waals surface area contributed by atoms with E-state index in [2.05, 4.69) is 12.2 Å². The molecule has 2 aromatic carbocycles. The van der Waals surface area contributed by atoms with Gasteiger partial charge in [0.15, 0.2) is 11.6 Å². The van der Waals surface area contributed by atoms with Gasteiger partial charge in [0.25, 0.3) is 5.91 Å². The largest absolute Gasteiger partial charge is 0.367 e. The number of carbonyl (C=O) groups is 1. The van der Waals surface area contributed by atoms with E-state index >= 15 is 0 Å². The summed E-state index contributed by atoms with van der Waals surface area (Å²) in [5.41, 5.74) is 2.71. The van der Waals surface area contributed by atoms with Crippen molar-refractivity contribution in [1.29, 1.82) is 0 Å². The molecule has 0 aliphatic carbocycles. The third-order valence-electron chi connectivity index (χ3n) is 5.50. The molecule has 0 unspecified atom stereocenters. The van der Waals surface area contributed by atoms with Gasteiger partial charge < -0.3 is 15.1 Å². The van der Waals surface area contributed by atoms with E-state index in [1.807, 2.05) is 6.07 Å². The van der Waals surface area contributed by atoms with E-state index in [-0.39, 0.29) is 11.6 Å². The van der Waals surface area contributed by atoms with E-state index < -0.39 is 11.6 Å². The number of nitrogens with one attached hydrogen (secondary N) is 1. The Morgan fingerprint density at radius 3 is 2.37 bits per heavy atom. The van der Waals surface area contributed by atoms with Crippen molar-refractivity contribution in [3.63, 3.8) is 0 Å². The molecular weight excluding hydrogens is 348 g/mol. The fourth-order valence-corrected chi connectivity index (χ4v) is 3.88. The van der Waals surface area contributed by atoms with E-state index in [4.69, 9.17) is 0 Å². The van der Waals surface area contributed by atoms with E-state index in [0.717, 1.165) is 18.4 Å². The number of amides is 1. The number of carbonyl (C=O) groups excluding carboxylic acids is 1. The summed E-state index contributed by atoms with van der Waals surface area (Å²) in [5, 5.41) is 3.05. The quantitative estimate of drug-likeness (QED) is 0.861. The van der Waals surface area contributed by atoms with Crippen molar-refractivity contribution >= 4 is 23.0 Å². The lowest BCUT2D eigenvalue weighted by atomic mass is 9.98. The SMILES string of the molecule is CC1CCN(c2c(F)cc(Nc3ccc4c(c3)CN(C)C4=O)cc2F)CC1. The first kappa shape index (κ1) is 17.8. The van der Waals surface area contributed by atoms with Gasteiger partial charge in [0, 0.05) is 43.6 Å². The molecule has 2 aromatic rings. The Morgan fingerprint density at radius 1 is 1.04 bits per heavy atom. The predicted molar refractivity (Wildman–Crippen MR) is 102 cm³/mol. The lowest BCUT2D eigenvalue weighted by Gasteiger charge is -2.32. The zero-order valence-electron chi connectivity index (χ0n) is 15.6. The molecule has 1 fully saturated rings. The second-order valence-corrected chi connectivity index (χ2v) is 7.62. The molecule has 27 heavy (non-hydrogen) atoms. The summed E-state index contributed by atoms with van der Waals surface area (Å²) >= 11 is 0. The monoisotopic (exact) mass is 371 g/mol. The van der Waals surface area contributed by atoms with Crippen LogP contribution in [0.5, 0.6) is 0 Å². The standard InChI is InChI=1S/C21H23F2N3O/c1-13-5-7-26(8-6-13)20-18(22)10-16(11-19(20)23)24-15-3-4-17-14(9-15)12-25(2)21(17)27/h3-4,9-11,13,24H,5-8,12H2,1-2H3. The zero-order valence-corrected chi connectivity index (χ0v) is 15.6. The lowest BCUT2D eigenvalue weighted by molar-refractivity contribution is 0.0816. The average molecular weight is 371 g/mol. The molecule has 1 N–H and O–H groups in total. The van der Waals surface area contributed by atoms with Gasteiger partial charge in [-0.05, 0) is 54.7 Å². The maximum absolute atomic E-state index is 14.6. The summed E-state index contributed by atoms with van der Waals surface area (Å²) in [6.07, 6.45) is 1.89. The number of piperidine rings is 1. The summed E-state index contributed by atoms with van der Waals surface area (Å²) in [6, 6.07) is 8.03. The minimum atomic E-state index is -0.553. The second kappa shape index (κ2) is 6.83. The number of nitrogens with zero attached hydrogens (tertiary/aromatic N) is 2. The summed E-state index contributed by atoms with van der Waals surface area (Å²) in [6.45, 7) is 4.06. The van der Waals surface area contributed by atoms with Gasteiger partial charge in [-0.1, -0.05) is 6.92 Å². The van der Waals surface area contributed by atoms with Crippen LogP contribution >= 0.6 is 0 Å². The van der Waals surface area contributed by atoms with E-state index in [1.165, 1.54) is 12.1 Å². The Bertz CT molecular complexity index is 868. The third kappa shape index (κ3) is 3.36. The van der Waals surface area contributed by atoms with Crippen LogP contribution < -0.4 is 10.2 Å². The van der Waals surface area contributed by atoms with Crippen molar-refractivity contribution < 1.29 is 13.6 Å². The van der Waals surface area contributed by atoms with Crippen LogP contribution in [0.1, 0.15) is 35.7 Å². The Kier molecular flexibility index (Phi) is 4.50. The van der Waals surface area contributed by atoms with Crippen molar-refractivity contribution in [3.8, 4) is 0 Å². The summed E-state index contributed by atoms with van der Waals surface area (Å²) in [7, 11) is 1.75. The third-order valence-corrected chi connectivity index (χ3v) is 5.50. The molecule has 142 valence electrons. The normalized spacial score (nSPS) is 17.4. The Labute approximate surface area is 157 Å². The molecule has 2 heterocycles. The minimum absolute atomic E-state index is 0.00570. The van der Waals surface area contributed by atoms with Gasteiger partial charge in [-0.2, -0.15) is 0 Å². The summed E-state index contributed by atoms with van der Waals surface area (Å²) < 4.78 is 29.3. The Balaban J connectivity index is 1.56. The summed E-state index contributed by atoms with van der Waals surface area (Å²) in [4.78, 5) is 15.4. The molecule has 0 saturated carbocycles. The predicted octanol–water partition coefficient (Wildman–Crippen LogP) is 4.53. The van der Waals surface area contributed by atoms with E-state index in [0.29, 0.717) is 42.5 Å². The van der Waals surface area contributed by atoms with Crippen molar-refractivity contribution in [3.05, 3.63) is 53.1 Å². The number of hydrogen-bond acceptors (Lipinski definition) is 3. The van der Waals surface area contributed by atoms with Crippen LogP contribution in [0.2, 0.25) is 0 Å². The molecule has 4 nitrogen and oxygen atoms in total. The number of fused-ring (bicyclic) bond motifs is 1. The molecule has 1 amide bonds. The first-order chi connectivity index (χ1) is 12.9. The highest BCUT2D eigenvalue weighted by Crippen LogP contribution is 2.32. The number of halogens is 2. The number of rotatable bonds is 3. The van der Waals surface area contributed by atoms with Crippen molar-refractivity contribution in [2.24, 2.45) is 5.92 Å². The second-order valence-electron chi connectivity index (χ2n) is 7.62. The van der Waals surface area contributed by atoms with Crippen molar-refractivity contribution in [2.75, 3.05) is 30.4 Å². The highest BCUT2D eigenvalue weighted by atomic mass is 19.1. The number of anilines is 3. The highest BCUT2D eigenvalue weighted by molar-refractivity contribution is 5.98. The first-order valence-corrected chi connectivity index (χ1v) is 9.32.